The number of hydrogen-bond donors (Lipinski definition) is 1. The zero-order valence-electron chi connectivity index (χ0n) is 8.37. The monoisotopic (exact) mass is 198 g/mol. The summed E-state index contributed by atoms with van der Waals surface area (Å²) < 4.78 is 0. The Balaban J connectivity index is 2.55. The summed E-state index contributed by atoms with van der Waals surface area (Å²) in [7, 11) is 0. The highest BCUT2D eigenvalue weighted by atomic mass is 16.2. The van der Waals surface area contributed by atoms with Crippen LogP contribution in [0, 0.1) is 5.92 Å². The van der Waals surface area contributed by atoms with Gasteiger partial charge in [-0.15, -0.1) is 0 Å². The number of hydrogen-bond acceptors (Lipinski definition) is 3. The lowest BCUT2D eigenvalue weighted by Crippen LogP contribution is -2.37. The van der Waals surface area contributed by atoms with Crippen LogP contribution in [0.25, 0.3) is 0 Å². The lowest BCUT2D eigenvalue weighted by molar-refractivity contribution is -0.131. The summed E-state index contributed by atoms with van der Waals surface area (Å²) in [6, 6.07) is -0.466. The number of nitrogens with zero attached hydrogens (tertiary/aromatic N) is 1. The minimum absolute atomic E-state index is 0.00657. The Hall–Kier alpha value is -1.39. The van der Waals surface area contributed by atoms with Gasteiger partial charge in [-0.25, -0.2) is 4.79 Å². The van der Waals surface area contributed by atoms with Crippen LogP contribution in [0.5, 0.6) is 0 Å². The number of ketones is 1. The number of carbonyl (C=O) groups excluding carboxylic acids is 3. The van der Waals surface area contributed by atoms with Gasteiger partial charge in [-0.05, 0) is 6.42 Å². The minimum Gasteiger partial charge on any atom is -0.329 e. The minimum atomic E-state index is -0.466. The first-order valence-corrected chi connectivity index (χ1v) is 4.67. The summed E-state index contributed by atoms with van der Waals surface area (Å²) >= 11 is 0. The van der Waals surface area contributed by atoms with E-state index < -0.39 is 6.03 Å². The molecule has 1 saturated heterocycles. The fraction of sp³-hybridized carbons (Fsp3) is 0.667. The van der Waals surface area contributed by atoms with Gasteiger partial charge in [-0.2, -0.15) is 0 Å². The van der Waals surface area contributed by atoms with Crippen molar-refractivity contribution < 1.29 is 14.4 Å². The van der Waals surface area contributed by atoms with Crippen molar-refractivity contribution in [2.75, 3.05) is 13.1 Å². The Kier molecular flexibility index (Phi) is 3.22. The molecule has 0 aliphatic carbocycles. The Bertz CT molecular complexity index is 259. The van der Waals surface area contributed by atoms with E-state index in [4.69, 9.17) is 0 Å². The second-order valence-electron chi connectivity index (χ2n) is 3.41. The van der Waals surface area contributed by atoms with Gasteiger partial charge in [0.05, 0.1) is 13.1 Å². The number of amides is 3. The van der Waals surface area contributed by atoms with Gasteiger partial charge in [0.1, 0.15) is 0 Å². The Morgan fingerprint density at radius 2 is 2.21 bits per heavy atom. The van der Waals surface area contributed by atoms with Gasteiger partial charge in [0.25, 0.3) is 0 Å². The molecular formula is C9H14N2O3. The second kappa shape index (κ2) is 4.21. The van der Waals surface area contributed by atoms with Crippen LogP contribution in [0.15, 0.2) is 0 Å². The van der Waals surface area contributed by atoms with Gasteiger partial charge < -0.3 is 5.32 Å². The van der Waals surface area contributed by atoms with Crippen LogP contribution < -0.4 is 5.32 Å². The van der Waals surface area contributed by atoms with E-state index in [1.54, 1.807) is 6.92 Å². The summed E-state index contributed by atoms with van der Waals surface area (Å²) in [6.45, 7) is 3.60. The van der Waals surface area contributed by atoms with E-state index in [-0.39, 0.29) is 30.7 Å². The standard InChI is InChI=1S/C9H14N2O3/c1-3-6(2)7(12)5-11-8(13)4-10-9(11)14/h6H,3-5H2,1-2H3,(H,10,14). The first kappa shape index (κ1) is 10.7. The van der Waals surface area contributed by atoms with Crippen molar-refractivity contribution in [1.29, 1.82) is 0 Å². The SMILES string of the molecule is CCC(C)C(=O)CN1C(=O)CNC1=O. The smallest absolute Gasteiger partial charge is 0.324 e. The van der Waals surface area contributed by atoms with E-state index in [1.807, 2.05) is 6.92 Å². The zero-order chi connectivity index (χ0) is 10.7. The number of carbonyl (C=O) groups is 3. The summed E-state index contributed by atoms with van der Waals surface area (Å²) in [5, 5.41) is 2.37. The number of rotatable bonds is 4. The number of urea groups is 1. The van der Waals surface area contributed by atoms with Crippen LogP contribution in [-0.2, 0) is 9.59 Å². The molecule has 1 N–H and O–H groups in total. The molecule has 0 aromatic carbocycles. The molecule has 1 unspecified atom stereocenters. The molecule has 1 rings (SSSR count). The van der Waals surface area contributed by atoms with E-state index in [0.717, 1.165) is 11.3 Å². The van der Waals surface area contributed by atoms with Gasteiger partial charge >= 0.3 is 6.03 Å². The van der Waals surface area contributed by atoms with E-state index in [9.17, 15) is 14.4 Å². The molecule has 0 aromatic heterocycles. The molecule has 78 valence electrons. The average Bonchev–Trinajstić information content (AvgIpc) is 2.48. The maximum absolute atomic E-state index is 11.4. The predicted molar refractivity (Wildman–Crippen MR) is 49.6 cm³/mol. The molecule has 0 radical (unpaired) electrons. The molecule has 0 spiro atoms. The Morgan fingerprint density at radius 1 is 1.57 bits per heavy atom. The van der Waals surface area contributed by atoms with Crippen LogP contribution in [-0.4, -0.2) is 35.7 Å². The van der Waals surface area contributed by atoms with E-state index >= 15 is 0 Å². The summed E-state index contributed by atoms with van der Waals surface area (Å²) in [5.74, 6) is -0.499. The molecular weight excluding hydrogens is 184 g/mol. The Morgan fingerprint density at radius 3 is 2.64 bits per heavy atom. The fourth-order valence-corrected chi connectivity index (χ4v) is 1.15. The molecule has 3 amide bonds. The van der Waals surface area contributed by atoms with Crippen LogP contribution in [0.3, 0.4) is 0 Å². The molecule has 1 atom stereocenters. The highest BCUT2D eigenvalue weighted by Gasteiger charge is 2.30. The third-order valence-electron chi connectivity index (χ3n) is 2.41. The normalized spacial score (nSPS) is 18.3. The lowest BCUT2D eigenvalue weighted by atomic mass is 10.0. The number of Topliss-reactive ketones (excluding diaryl/α,β-unsaturated/α-hetero) is 1. The van der Waals surface area contributed by atoms with Crippen LogP contribution >= 0.6 is 0 Å². The second-order valence-corrected chi connectivity index (χ2v) is 3.41. The molecule has 14 heavy (non-hydrogen) atoms. The topological polar surface area (TPSA) is 66.5 Å². The van der Waals surface area contributed by atoms with Crippen molar-refractivity contribution in [2.24, 2.45) is 5.92 Å². The van der Waals surface area contributed by atoms with Crippen LogP contribution in [0.2, 0.25) is 0 Å². The van der Waals surface area contributed by atoms with Crippen LogP contribution in [0.1, 0.15) is 20.3 Å². The quantitative estimate of drug-likeness (QED) is 0.654. The van der Waals surface area contributed by atoms with Gasteiger partial charge in [0.15, 0.2) is 5.78 Å². The average molecular weight is 198 g/mol. The van der Waals surface area contributed by atoms with Crippen molar-refractivity contribution in [3.63, 3.8) is 0 Å². The molecule has 1 heterocycles. The Labute approximate surface area is 82.4 Å². The number of imide groups is 1. The summed E-state index contributed by atoms with van der Waals surface area (Å²) in [6.07, 6.45) is 0.725. The molecule has 5 heteroatoms. The zero-order valence-corrected chi connectivity index (χ0v) is 8.37. The summed E-state index contributed by atoms with van der Waals surface area (Å²) in [4.78, 5) is 34.6. The molecule has 1 aliphatic rings. The fourth-order valence-electron chi connectivity index (χ4n) is 1.15. The molecule has 0 aromatic rings. The lowest BCUT2D eigenvalue weighted by Gasteiger charge is -2.13. The van der Waals surface area contributed by atoms with Crippen molar-refractivity contribution in [3.8, 4) is 0 Å². The van der Waals surface area contributed by atoms with E-state index in [1.165, 1.54) is 0 Å². The van der Waals surface area contributed by atoms with Gasteiger partial charge in [0.2, 0.25) is 5.91 Å². The maximum atomic E-state index is 11.4. The van der Waals surface area contributed by atoms with Gasteiger partial charge in [-0.1, -0.05) is 13.8 Å². The predicted octanol–water partition coefficient (Wildman–Crippen LogP) is 0.153. The highest BCUT2D eigenvalue weighted by molar-refractivity contribution is 6.04. The van der Waals surface area contributed by atoms with Gasteiger partial charge in [0, 0.05) is 5.92 Å². The van der Waals surface area contributed by atoms with Crippen LogP contribution in [0.4, 0.5) is 4.79 Å². The van der Waals surface area contributed by atoms with Crippen molar-refractivity contribution in [2.45, 2.75) is 20.3 Å². The van der Waals surface area contributed by atoms with Crippen molar-refractivity contribution >= 4 is 17.7 Å². The molecule has 0 bridgehead atoms. The van der Waals surface area contributed by atoms with E-state index in [0.29, 0.717) is 0 Å². The van der Waals surface area contributed by atoms with Gasteiger partial charge in [-0.3, -0.25) is 14.5 Å². The first-order chi connectivity index (χ1) is 6.56. The number of nitrogens with one attached hydrogen (secondary N) is 1. The largest absolute Gasteiger partial charge is 0.329 e. The molecule has 5 nitrogen and oxygen atoms in total. The van der Waals surface area contributed by atoms with E-state index in [2.05, 4.69) is 5.32 Å². The molecule has 1 fully saturated rings. The summed E-state index contributed by atoms with van der Waals surface area (Å²) in [5.41, 5.74) is 0. The van der Waals surface area contributed by atoms with Crippen molar-refractivity contribution in [1.82, 2.24) is 10.2 Å². The van der Waals surface area contributed by atoms with Crippen molar-refractivity contribution in [3.05, 3.63) is 0 Å². The molecule has 0 saturated carbocycles. The third kappa shape index (κ3) is 2.10. The first-order valence-electron chi connectivity index (χ1n) is 4.67. The third-order valence-corrected chi connectivity index (χ3v) is 2.41. The molecule has 1 aliphatic heterocycles. The maximum Gasteiger partial charge on any atom is 0.324 e. The highest BCUT2D eigenvalue weighted by Crippen LogP contribution is 2.06.